The van der Waals surface area contributed by atoms with Crippen LogP contribution in [0.25, 0.3) is 11.0 Å². The summed E-state index contributed by atoms with van der Waals surface area (Å²) in [7, 11) is 0. The number of rotatable bonds is 5. The van der Waals surface area contributed by atoms with Gasteiger partial charge in [-0.25, -0.2) is 0 Å². The van der Waals surface area contributed by atoms with Crippen molar-refractivity contribution in [3.05, 3.63) is 58.7 Å². The molecular weight excluding hydrogens is 360 g/mol. The highest BCUT2D eigenvalue weighted by Gasteiger charge is 2.18. The zero-order valence-corrected chi connectivity index (χ0v) is 15.2. The smallest absolute Gasteiger partial charge is 0.291 e. The van der Waals surface area contributed by atoms with Crippen LogP contribution in [0.3, 0.4) is 0 Å². The molecule has 4 rings (SSSR count). The highest BCUT2D eigenvalue weighted by Crippen LogP contribution is 2.17. The Morgan fingerprint density at radius 3 is 2.82 bits per heavy atom. The second-order valence-electron chi connectivity index (χ2n) is 6.90. The highest BCUT2D eigenvalue weighted by molar-refractivity contribution is 6.02. The monoisotopic (exact) mass is 380 g/mol. The molecule has 2 heterocycles. The van der Waals surface area contributed by atoms with E-state index in [2.05, 4.69) is 15.7 Å². The van der Waals surface area contributed by atoms with Crippen LogP contribution >= 0.6 is 0 Å². The number of hydrogen-bond donors (Lipinski definition) is 2. The predicted octanol–water partition coefficient (Wildman–Crippen LogP) is 2.30. The number of aromatic nitrogens is 2. The summed E-state index contributed by atoms with van der Waals surface area (Å²) >= 11 is 0. The van der Waals surface area contributed by atoms with Gasteiger partial charge in [0.1, 0.15) is 12.1 Å². The van der Waals surface area contributed by atoms with E-state index in [1.807, 2.05) is 0 Å². The second kappa shape index (κ2) is 7.67. The molecule has 0 saturated heterocycles. The van der Waals surface area contributed by atoms with Crippen molar-refractivity contribution in [1.29, 1.82) is 0 Å². The van der Waals surface area contributed by atoms with Crippen LogP contribution < -0.4 is 16.1 Å². The van der Waals surface area contributed by atoms with Gasteiger partial charge < -0.3 is 15.1 Å². The fraction of sp³-hybridized carbons (Fsp3) is 0.300. The molecule has 0 unspecified atom stereocenters. The normalized spacial score (nSPS) is 14.3. The Balaban J connectivity index is 1.41. The van der Waals surface area contributed by atoms with E-state index in [4.69, 9.17) is 4.42 Å². The summed E-state index contributed by atoms with van der Waals surface area (Å²) in [5, 5.41) is 10.1. The fourth-order valence-corrected chi connectivity index (χ4v) is 3.41. The Hall–Kier alpha value is -3.42. The van der Waals surface area contributed by atoms with E-state index >= 15 is 0 Å². The maximum atomic E-state index is 12.4. The third-order valence-electron chi connectivity index (χ3n) is 4.78. The maximum Gasteiger partial charge on any atom is 0.291 e. The molecule has 1 aliphatic carbocycles. The molecule has 2 amide bonds. The topological polar surface area (TPSA) is 106 Å². The van der Waals surface area contributed by atoms with Crippen LogP contribution in [0.5, 0.6) is 0 Å². The van der Waals surface area contributed by atoms with E-state index in [0.29, 0.717) is 16.7 Å². The molecule has 1 fully saturated rings. The summed E-state index contributed by atoms with van der Waals surface area (Å²) in [6.07, 6.45) is 7.33. The number of carbonyl (C=O) groups is 2. The van der Waals surface area contributed by atoms with Gasteiger partial charge in [0, 0.05) is 18.3 Å². The first-order valence-corrected chi connectivity index (χ1v) is 9.24. The number of hydrogen-bond acceptors (Lipinski definition) is 5. The van der Waals surface area contributed by atoms with E-state index in [-0.39, 0.29) is 29.7 Å². The Labute approximate surface area is 160 Å². The Bertz CT molecular complexity index is 1080. The predicted molar refractivity (Wildman–Crippen MR) is 103 cm³/mol. The fourth-order valence-electron chi connectivity index (χ4n) is 3.41. The van der Waals surface area contributed by atoms with Gasteiger partial charge in [-0.3, -0.25) is 19.1 Å². The summed E-state index contributed by atoms with van der Waals surface area (Å²) in [6, 6.07) is 8.15. The average molecular weight is 380 g/mol. The number of benzene rings is 1. The minimum Gasteiger partial charge on any atom is -0.451 e. The zero-order valence-electron chi connectivity index (χ0n) is 15.2. The summed E-state index contributed by atoms with van der Waals surface area (Å²) in [5.41, 5.74) is 0.472. The molecule has 144 valence electrons. The van der Waals surface area contributed by atoms with Gasteiger partial charge in [0.25, 0.3) is 5.91 Å². The molecule has 1 aliphatic rings. The Morgan fingerprint density at radius 2 is 2.00 bits per heavy atom. The van der Waals surface area contributed by atoms with Gasteiger partial charge in [-0.1, -0.05) is 25.0 Å². The minimum atomic E-state index is -0.558. The third kappa shape index (κ3) is 3.95. The van der Waals surface area contributed by atoms with Crippen LogP contribution in [-0.2, 0) is 11.3 Å². The second-order valence-corrected chi connectivity index (χ2v) is 6.90. The lowest BCUT2D eigenvalue weighted by Gasteiger charge is -2.11. The van der Waals surface area contributed by atoms with Gasteiger partial charge in [0.15, 0.2) is 11.2 Å². The molecule has 2 N–H and O–H groups in total. The standard InChI is InChI=1S/C20H20N4O4/c25-16-9-18(28-17-8-4-3-7-15(16)17)20(27)23-14-10-21-24(11-14)12-19(26)22-13-5-1-2-6-13/h3-4,7-11,13H,1-2,5-6,12H2,(H,22,26)(H,23,27). The van der Waals surface area contributed by atoms with Crippen LogP contribution in [0.1, 0.15) is 36.2 Å². The van der Waals surface area contributed by atoms with Crippen LogP contribution in [-0.4, -0.2) is 27.6 Å². The molecule has 3 aromatic rings. The number of anilines is 1. The molecular formula is C20H20N4O4. The van der Waals surface area contributed by atoms with Crippen molar-refractivity contribution in [3.63, 3.8) is 0 Å². The number of amides is 2. The lowest BCUT2D eigenvalue weighted by atomic mass is 10.2. The third-order valence-corrected chi connectivity index (χ3v) is 4.78. The van der Waals surface area contributed by atoms with E-state index < -0.39 is 5.91 Å². The first-order valence-electron chi connectivity index (χ1n) is 9.24. The number of nitrogens with one attached hydrogen (secondary N) is 2. The maximum absolute atomic E-state index is 12.4. The molecule has 1 saturated carbocycles. The molecule has 0 spiro atoms. The number of carbonyl (C=O) groups excluding carboxylic acids is 2. The number of fused-ring (bicyclic) bond motifs is 1. The summed E-state index contributed by atoms with van der Waals surface area (Å²) < 4.78 is 6.97. The summed E-state index contributed by atoms with van der Waals surface area (Å²) in [5.74, 6) is -0.748. The van der Waals surface area contributed by atoms with E-state index in [9.17, 15) is 14.4 Å². The van der Waals surface area contributed by atoms with Gasteiger partial charge in [-0.15, -0.1) is 0 Å². The molecule has 8 heteroatoms. The number of nitrogens with zero attached hydrogens (tertiary/aromatic N) is 2. The van der Waals surface area contributed by atoms with Gasteiger partial charge in [0.2, 0.25) is 5.91 Å². The highest BCUT2D eigenvalue weighted by atomic mass is 16.3. The molecule has 0 atom stereocenters. The van der Waals surface area contributed by atoms with Crippen molar-refractivity contribution in [3.8, 4) is 0 Å². The molecule has 28 heavy (non-hydrogen) atoms. The van der Waals surface area contributed by atoms with Crippen LogP contribution in [0.2, 0.25) is 0 Å². The Kier molecular flexibility index (Phi) is 4.92. The van der Waals surface area contributed by atoms with Gasteiger partial charge in [0.05, 0.1) is 17.3 Å². The van der Waals surface area contributed by atoms with Gasteiger partial charge in [-0.2, -0.15) is 5.10 Å². The van der Waals surface area contributed by atoms with Gasteiger partial charge >= 0.3 is 0 Å². The van der Waals surface area contributed by atoms with Crippen LogP contribution in [0, 0.1) is 0 Å². The Morgan fingerprint density at radius 1 is 1.21 bits per heavy atom. The van der Waals surface area contributed by atoms with Gasteiger partial charge in [-0.05, 0) is 25.0 Å². The molecule has 0 aliphatic heterocycles. The first-order chi connectivity index (χ1) is 13.6. The van der Waals surface area contributed by atoms with Crippen molar-refractivity contribution in [2.75, 3.05) is 5.32 Å². The molecule has 1 aromatic carbocycles. The van der Waals surface area contributed by atoms with E-state index in [0.717, 1.165) is 31.7 Å². The lowest BCUT2D eigenvalue weighted by Crippen LogP contribution is -2.35. The van der Waals surface area contributed by atoms with Crippen molar-refractivity contribution in [2.45, 2.75) is 38.3 Å². The average Bonchev–Trinajstić information content (AvgIpc) is 3.34. The minimum absolute atomic E-state index is 0.0808. The molecule has 0 radical (unpaired) electrons. The molecule has 0 bridgehead atoms. The first kappa shape index (κ1) is 18.0. The van der Waals surface area contributed by atoms with Crippen LogP contribution in [0.15, 0.2) is 51.9 Å². The SMILES string of the molecule is O=C(Cn1cc(NC(=O)c2cc(=O)c3ccccc3o2)cn1)NC1CCCC1. The summed E-state index contributed by atoms with van der Waals surface area (Å²) in [4.78, 5) is 36.6. The van der Waals surface area contributed by atoms with E-state index in [1.165, 1.54) is 10.9 Å². The van der Waals surface area contributed by atoms with Crippen molar-refractivity contribution in [2.24, 2.45) is 0 Å². The quantitative estimate of drug-likeness (QED) is 0.706. The molecule has 8 nitrogen and oxygen atoms in total. The summed E-state index contributed by atoms with van der Waals surface area (Å²) in [6.45, 7) is 0.0808. The zero-order chi connectivity index (χ0) is 19.5. The van der Waals surface area contributed by atoms with Crippen molar-refractivity contribution >= 4 is 28.5 Å². The largest absolute Gasteiger partial charge is 0.451 e. The van der Waals surface area contributed by atoms with E-state index in [1.54, 1.807) is 30.5 Å². The van der Waals surface area contributed by atoms with Crippen molar-refractivity contribution < 1.29 is 14.0 Å². The number of para-hydroxylation sites is 1. The van der Waals surface area contributed by atoms with Crippen LogP contribution in [0.4, 0.5) is 5.69 Å². The molecule has 2 aromatic heterocycles. The van der Waals surface area contributed by atoms with Crippen molar-refractivity contribution in [1.82, 2.24) is 15.1 Å². The lowest BCUT2D eigenvalue weighted by molar-refractivity contribution is -0.122.